The van der Waals surface area contributed by atoms with Crippen LogP contribution < -0.4 is 10.6 Å². The van der Waals surface area contributed by atoms with Gasteiger partial charge in [-0.3, -0.25) is 9.69 Å². The highest BCUT2D eigenvalue weighted by atomic mass is 35.5. The van der Waals surface area contributed by atoms with Gasteiger partial charge in [-0.25, -0.2) is 0 Å². The number of rotatable bonds is 5. The molecule has 1 aromatic rings. The third kappa shape index (κ3) is 5.20. The second kappa shape index (κ2) is 9.40. The summed E-state index contributed by atoms with van der Waals surface area (Å²) >= 11 is 0. The Kier molecular flexibility index (Phi) is 7.53. The van der Waals surface area contributed by atoms with Crippen molar-refractivity contribution >= 4 is 18.3 Å². The minimum absolute atomic E-state index is 0. The maximum atomic E-state index is 12.0. The average molecular weight is 352 g/mol. The van der Waals surface area contributed by atoms with Crippen LogP contribution in [0.25, 0.3) is 0 Å². The molecule has 134 valence electrons. The number of piperidine rings is 1. The van der Waals surface area contributed by atoms with E-state index in [1.165, 1.54) is 36.9 Å². The highest BCUT2D eigenvalue weighted by Crippen LogP contribution is 2.19. The van der Waals surface area contributed by atoms with E-state index < -0.39 is 0 Å². The van der Waals surface area contributed by atoms with Crippen LogP contribution in [0.3, 0.4) is 0 Å². The average Bonchev–Trinajstić information content (AvgIpc) is 3.11. The number of amides is 1. The fourth-order valence-electron chi connectivity index (χ4n) is 3.61. The van der Waals surface area contributed by atoms with Crippen LogP contribution in [0.1, 0.15) is 50.2 Å². The van der Waals surface area contributed by atoms with Gasteiger partial charge in [0, 0.05) is 19.1 Å². The first kappa shape index (κ1) is 19.2. The lowest BCUT2D eigenvalue weighted by Crippen LogP contribution is -2.40. The molecule has 2 N–H and O–H groups in total. The summed E-state index contributed by atoms with van der Waals surface area (Å²) in [5.41, 5.74) is 2.54. The van der Waals surface area contributed by atoms with Crippen molar-refractivity contribution in [1.29, 1.82) is 0 Å². The van der Waals surface area contributed by atoms with Crippen molar-refractivity contribution in [3.8, 4) is 0 Å². The molecule has 0 aliphatic carbocycles. The number of halogens is 1. The number of carbonyl (C=O) groups is 1. The Morgan fingerprint density at radius 1 is 1.17 bits per heavy atom. The molecule has 2 heterocycles. The molecule has 0 radical (unpaired) electrons. The first-order chi connectivity index (χ1) is 11.2. The number of hydrogen-bond acceptors (Lipinski definition) is 3. The van der Waals surface area contributed by atoms with Crippen LogP contribution in [0.4, 0.5) is 0 Å². The topological polar surface area (TPSA) is 44.4 Å². The van der Waals surface area contributed by atoms with Gasteiger partial charge in [-0.05, 0) is 56.8 Å². The zero-order valence-electron chi connectivity index (χ0n) is 14.6. The Balaban J connectivity index is 0.00000208. The molecule has 2 saturated heterocycles. The fraction of sp³-hybridized carbons (Fsp3) is 0.632. The lowest BCUT2D eigenvalue weighted by atomic mass is 10.0. The molecule has 24 heavy (non-hydrogen) atoms. The summed E-state index contributed by atoms with van der Waals surface area (Å²) in [6.45, 7) is 6.17. The molecule has 0 bridgehead atoms. The molecular formula is C19H30ClN3O. The van der Waals surface area contributed by atoms with Gasteiger partial charge in [0.1, 0.15) is 0 Å². The normalized spacial score (nSPS) is 24.4. The predicted octanol–water partition coefficient (Wildman–Crippen LogP) is 2.85. The second-order valence-corrected chi connectivity index (χ2v) is 7.00. The first-order valence-electron chi connectivity index (χ1n) is 9.05. The van der Waals surface area contributed by atoms with Crippen LogP contribution in [-0.4, -0.2) is 36.0 Å². The standard InChI is InChI=1S/C19H29N3O.ClH/c1-15-5-2-3-12-22(15)14-17-9-7-16(8-10-17)13-21-19(23)18-6-4-11-20-18;/h7-10,15,18,20H,2-6,11-14H2,1H3,(H,21,23);1H. The van der Waals surface area contributed by atoms with Crippen LogP contribution in [0.15, 0.2) is 24.3 Å². The summed E-state index contributed by atoms with van der Waals surface area (Å²) in [5.74, 6) is 0.133. The predicted molar refractivity (Wildman–Crippen MR) is 100 cm³/mol. The van der Waals surface area contributed by atoms with E-state index in [0.29, 0.717) is 12.6 Å². The van der Waals surface area contributed by atoms with E-state index >= 15 is 0 Å². The van der Waals surface area contributed by atoms with Crippen molar-refractivity contribution in [3.63, 3.8) is 0 Å². The number of benzene rings is 1. The molecule has 2 aliphatic heterocycles. The van der Waals surface area contributed by atoms with Gasteiger partial charge >= 0.3 is 0 Å². The molecule has 0 aromatic heterocycles. The van der Waals surface area contributed by atoms with Gasteiger partial charge in [0.15, 0.2) is 0 Å². The van der Waals surface area contributed by atoms with Crippen LogP contribution in [-0.2, 0) is 17.9 Å². The van der Waals surface area contributed by atoms with Crippen molar-refractivity contribution in [1.82, 2.24) is 15.5 Å². The summed E-state index contributed by atoms with van der Waals surface area (Å²) in [6, 6.07) is 9.41. The SMILES string of the molecule is CC1CCCCN1Cc1ccc(CNC(=O)C2CCCN2)cc1.Cl. The lowest BCUT2D eigenvalue weighted by molar-refractivity contribution is -0.122. The van der Waals surface area contributed by atoms with E-state index in [0.717, 1.165) is 25.9 Å². The van der Waals surface area contributed by atoms with E-state index in [1.54, 1.807) is 0 Å². The summed E-state index contributed by atoms with van der Waals surface area (Å²) in [7, 11) is 0. The number of nitrogens with one attached hydrogen (secondary N) is 2. The Morgan fingerprint density at radius 3 is 2.58 bits per heavy atom. The third-order valence-electron chi connectivity index (χ3n) is 5.19. The van der Waals surface area contributed by atoms with Crippen LogP contribution in [0.5, 0.6) is 0 Å². The van der Waals surface area contributed by atoms with Gasteiger partial charge < -0.3 is 10.6 Å². The highest BCUT2D eigenvalue weighted by molar-refractivity contribution is 5.85. The van der Waals surface area contributed by atoms with E-state index in [4.69, 9.17) is 0 Å². The third-order valence-corrected chi connectivity index (χ3v) is 5.19. The van der Waals surface area contributed by atoms with Gasteiger partial charge in [0.2, 0.25) is 5.91 Å². The summed E-state index contributed by atoms with van der Waals surface area (Å²) in [6.07, 6.45) is 6.07. The van der Waals surface area contributed by atoms with Crippen molar-refractivity contribution < 1.29 is 4.79 Å². The van der Waals surface area contributed by atoms with E-state index in [9.17, 15) is 4.79 Å². The van der Waals surface area contributed by atoms with Crippen LogP contribution >= 0.6 is 12.4 Å². The zero-order chi connectivity index (χ0) is 16.1. The van der Waals surface area contributed by atoms with E-state index in [-0.39, 0.29) is 24.4 Å². The molecule has 1 amide bonds. The Labute approximate surface area is 151 Å². The van der Waals surface area contributed by atoms with Crippen molar-refractivity contribution in [2.75, 3.05) is 13.1 Å². The van der Waals surface area contributed by atoms with Crippen LogP contribution in [0, 0.1) is 0 Å². The quantitative estimate of drug-likeness (QED) is 0.857. The summed E-state index contributed by atoms with van der Waals surface area (Å²) in [4.78, 5) is 14.6. The fourth-order valence-corrected chi connectivity index (χ4v) is 3.61. The molecule has 2 fully saturated rings. The van der Waals surface area contributed by atoms with Crippen molar-refractivity contribution in [2.45, 2.75) is 64.2 Å². The van der Waals surface area contributed by atoms with Gasteiger partial charge in [-0.2, -0.15) is 0 Å². The molecule has 2 atom stereocenters. The monoisotopic (exact) mass is 351 g/mol. The van der Waals surface area contributed by atoms with Gasteiger partial charge in [0.25, 0.3) is 0 Å². The maximum absolute atomic E-state index is 12.0. The lowest BCUT2D eigenvalue weighted by Gasteiger charge is -2.33. The van der Waals surface area contributed by atoms with Gasteiger partial charge in [-0.15, -0.1) is 12.4 Å². The molecule has 3 rings (SSSR count). The Morgan fingerprint density at radius 2 is 1.92 bits per heavy atom. The molecule has 2 unspecified atom stereocenters. The van der Waals surface area contributed by atoms with E-state index in [1.807, 2.05) is 0 Å². The molecule has 1 aromatic carbocycles. The minimum Gasteiger partial charge on any atom is -0.351 e. The van der Waals surface area contributed by atoms with E-state index in [2.05, 4.69) is 46.7 Å². The van der Waals surface area contributed by atoms with Crippen LogP contribution in [0.2, 0.25) is 0 Å². The van der Waals surface area contributed by atoms with Gasteiger partial charge in [-0.1, -0.05) is 30.7 Å². The Bertz CT molecular complexity index is 514. The minimum atomic E-state index is 0. The number of likely N-dealkylation sites (tertiary alicyclic amines) is 1. The summed E-state index contributed by atoms with van der Waals surface area (Å²) < 4.78 is 0. The Hall–Kier alpha value is -1.10. The number of nitrogens with zero attached hydrogens (tertiary/aromatic N) is 1. The smallest absolute Gasteiger partial charge is 0.237 e. The number of hydrogen-bond donors (Lipinski definition) is 2. The van der Waals surface area contributed by atoms with Gasteiger partial charge in [0.05, 0.1) is 6.04 Å². The summed E-state index contributed by atoms with van der Waals surface area (Å²) in [5, 5.41) is 6.27. The molecular weight excluding hydrogens is 322 g/mol. The first-order valence-corrected chi connectivity index (χ1v) is 9.05. The van der Waals surface area contributed by atoms with Crippen molar-refractivity contribution in [3.05, 3.63) is 35.4 Å². The molecule has 0 spiro atoms. The highest BCUT2D eigenvalue weighted by Gasteiger charge is 2.21. The number of carbonyl (C=O) groups excluding carboxylic acids is 1. The molecule has 5 heteroatoms. The maximum Gasteiger partial charge on any atom is 0.237 e. The zero-order valence-corrected chi connectivity index (χ0v) is 15.4. The molecule has 2 aliphatic rings. The molecule has 4 nitrogen and oxygen atoms in total. The van der Waals surface area contributed by atoms with Crippen molar-refractivity contribution in [2.24, 2.45) is 0 Å². The molecule has 0 saturated carbocycles. The second-order valence-electron chi connectivity index (χ2n) is 7.00. The largest absolute Gasteiger partial charge is 0.351 e.